The molecule has 0 N–H and O–H groups in total. The molecule has 1 rings (SSSR count). The third-order valence-electron chi connectivity index (χ3n) is 1.55. The van der Waals surface area contributed by atoms with Crippen molar-refractivity contribution < 1.29 is 17.9 Å². The van der Waals surface area contributed by atoms with E-state index in [0.29, 0.717) is 0 Å². The van der Waals surface area contributed by atoms with E-state index in [9.17, 15) is 13.2 Å². The summed E-state index contributed by atoms with van der Waals surface area (Å²) in [6.45, 7) is 1.23. The first-order valence-corrected chi connectivity index (χ1v) is 5.68. The molecule has 0 aromatic carbocycles. The Morgan fingerprint density at radius 1 is 1.50 bits per heavy atom. The number of alkyl halides is 1. The van der Waals surface area contributed by atoms with Gasteiger partial charge in [0.05, 0.1) is 16.9 Å². The van der Waals surface area contributed by atoms with Crippen LogP contribution >= 0.6 is 11.6 Å². The zero-order chi connectivity index (χ0) is 9.35. The summed E-state index contributed by atoms with van der Waals surface area (Å²) in [5.41, 5.74) is 0. The summed E-state index contributed by atoms with van der Waals surface area (Å²) in [6, 6.07) is 0. The standard InChI is InChI=1S/C6H9ClO4S/c1-4(8)11-6-3-12(9,10)2-5(6)7/h5-6H,2-3H2,1H3/t5-,6-/m1/s1. The Bertz CT molecular complexity index is 284. The molecule has 0 radical (unpaired) electrons. The molecule has 1 fully saturated rings. The molecule has 1 heterocycles. The van der Waals surface area contributed by atoms with Gasteiger partial charge in [-0.15, -0.1) is 11.6 Å². The minimum Gasteiger partial charge on any atom is -0.460 e. The van der Waals surface area contributed by atoms with Crippen LogP contribution in [-0.2, 0) is 19.4 Å². The van der Waals surface area contributed by atoms with Gasteiger partial charge >= 0.3 is 5.97 Å². The highest BCUT2D eigenvalue weighted by Gasteiger charge is 2.38. The predicted octanol–water partition coefficient (Wildman–Crippen LogP) is -0.0461. The van der Waals surface area contributed by atoms with E-state index in [1.807, 2.05) is 0 Å². The van der Waals surface area contributed by atoms with Crippen LogP contribution in [0.15, 0.2) is 0 Å². The van der Waals surface area contributed by atoms with E-state index in [1.54, 1.807) is 0 Å². The molecule has 0 saturated carbocycles. The Morgan fingerprint density at radius 2 is 2.08 bits per heavy atom. The molecule has 0 unspecified atom stereocenters. The molecule has 12 heavy (non-hydrogen) atoms. The van der Waals surface area contributed by atoms with Crippen LogP contribution in [0.4, 0.5) is 0 Å². The smallest absolute Gasteiger partial charge is 0.302 e. The molecule has 0 aliphatic carbocycles. The summed E-state index contributed by atoms with van der Waals surface area (Å²) in [6.07, 6.45) is -0.672. The van der Waals surface area contributed by atoms with Gasteiger partial charge in [0.1, 0.15) is 6.10 Å². The van der Waals surface area contributed by atoms with E-state index in [0.717, 1.165) is 0 Å². The molecule has 1 saturated heterocycles. The Morgan fingerprint density at radius 3 is 2.42 bits per heavy atom. The largest absolute Gasteiger partial charge is 0.460 e. The van der Waals surface area contributed by atoms with Gasteiger partial charge in [-0.05, 0) is 0 Å². The molecule has 1 aliphatic rings. The summed E-state index contributed by atoms with van der Waals surface area (Å²) in [5, 5.41) is -0.598. The van der Waals surface area contributed by atoms with E-state index >= 15 is 0 Å². The topological polar surface area (TPSA) is 60.4 Å². The second-order valence-electron chi connectivity index (χ2n) is 2.74. The van der Waals surface area contributed by atoms with Crippen LogP contribution in [0.1, 0.15) is 6.92 Å². The van der Waals surface area contributed by atoms with Gasteiger partial charge in [0.2, 0.25) is 0 Å². The average molecular weight is 213 g/mol. The fraction of sp³-hybridized carbons (Fsp3) is 0.833. The van der Waals surface area contributed by atoms with Crippen LogP contribution in [0.25, 0.3) is 0 Å². The van der Waals surface area contributed by atoms with Crippen molar-refractivity contribution in [2.24, 2.45) is 0 Å². The number of sulfone groups is 1. The fourth-order valence-corrected chi connectivity index (χ4v) is 3.55. The van der Waals surface area contributed by atoms with Crippen molar-refractivity contribution >= 4 is 27.4 Å². The van der Waals surface area contributed by atoms with Crippen molar-refractivity contribution in [1.29, 1.82) is 0 Å². The first-order valence-electron chi connectivity index (χ1n) is 3.42. The van der Waals surface area contributed by atoms with Crippen molar-refractivity contribution in [1.82, 2.24) is 0 Å². The number of ether oxygens (including phenoxy) is 1. The zero-order valence-electron chi connectivity index (χ0n) is 6.49. The van der Waals surface area contributed by atoms with Crippen LogP contribution in [0.5, 0.6) is 0 Å². The van der Waals surface area contributed by atoms with Gasteiger partial charge in [0.15, 0.2) is 9.84 Å². The minimum absolute atomic E-state index is 0.105. The summed E-state index contributed by atoms with van der Waals surface area (Å²) in [4.78, 5) is 10.5. The van der Waals surface area contributed by atoms with E-state index < -0.39 is 27.3 Å². The maximum atomic E-state index is 11.0. The summed E-state index contributed by atoms with van der Waals surface area (Å²) in [7, 11) is -3.10. The van der Waals surface area contributed by atoms with Crippen LogP contribution in [0.3, 0.4) is 0 Å². The van der Waals surface area contributed by atoms with Crippen molar-refractivity contribution in [3.63, 3.8) is 0 Å². The number of hydrogen-bond donors (Lipinski definition) is 0. The third-order valence-corrected chi connectivity index (χ3v) is 3.87. The normalized spacial score (nSPS) is 33.2. The Kier molecular flexibility index (Phi) is 2.63. The molecule has 70 valence electrons. The van der Waals surface area contributed by atoms with E-state index in [4.69, 9.17) is 16.3 Å². The number of carbonyl (C=O) groups is 1. The Balaban J connectivity index is 2.64. The monoisotopic (exact) mass is 212 g/mol. The lowest BCUT2D eigenvalue weighted by Crippen LogP contribution is -2.24. The van der Waals surface area contributed by atoms with Gasteiger partial charge in [-0.25, -0.2) is 8.42 Å². The van der Waals surface area contributed by atoms with Crippen LogP contribution in [-0.4, -0.2) is 37.4 Å². The molecule has 1 aliphatic heterocycles. The predicted molar refractivity (Wildman–Crippen MR) is 43.8 cm³/mol. The number of hydrogen-bond acceptors (Lipinski definition) is 4. The number of carbonyl (C=O) groups excluding carboxylic acids is 1. The van der Waals surface area contributed by atoms with Crippen molar-refractivity contribution in [3.8, 4) is 0 Å². The van der Waals surface area contributed by atoms with Gasteiger partial charge < -0.3 is 4.74 Å². The molecular formula is C6H9ClO4S. The Labute approximate surface area is 75.8 Å². The molecule has 0 amide bonds. The zero-order valence-corrected chi connectivity index (χ0v) is 8.06. The summed E-state index contributed by atoms with van der Waals surface area (Å²) >= 11 is 5.65. The highest BCUT2D eigenvalue weighted by Crippen LogP contribution is 2.20. The lowest BCUT2D eigenvalue weighted by atomic mass is 10.3. The summed E-state index contributed by atoms with van der Waals surface area (Å²) < 4.78 is 26.6. The van der Waals surface area contributed by atoms with Crippen LogP contribution < -0.4 is 0 Å². The molecule has 6 heteroatoms. The molecule has 0 bridgehead atoms. The molecule has 2 atom stereocenters. The van der Waals surface area contributed by atoms with Gasteiger partial charge in [0, 0.05) is 6.92 Å². The van der Waals surface area contributed by atoms with Gasteiger partial charge in [-0.1, -0.05) is 0 Å². The van der Waals surface area contributed by atoms with E-state index in [1.165, 1.54) is 6.92 Å². The Hall–Kier alpha value is -0.290. The first-order chi connectivity index (χ1) is 5.41. The highest BCUT2D eigenvalue weighted by atomic mass is 35.5. The average Bonchev–Trinajstić information content (AvgIpc) is 2.03. The molecule has 4 nitrogen and oxygen atoms in total. The molecule has 0 aromatic heterocycles. The molecule has 0 spiro atoms. The SMILES string of the molecule is CC(=O)O[C@@H]1CS(=O)(=O)C[C@H]1Cl. The highest BCUT2D eigenvalue weighted by molar-refractivity contribution is 7.91. The minimum atomic E-state index is -3.10. The quantitative estimate of drug-likeness (QED) is 0.452. The van der Waals surface area contributed by atoms with Gasteiger partial charge in [0.25, 0.3) is 0 Å². The maximum Gasteiger partial charge on any atom is 0.302 e. The fourth-order valence-electron chi connectivity index (χ4n) is 1.09. The lowest BCUT2D eigenvalue weighted by molar-refractivity contribution is -0.144. The van der Waals surface area contributed by atoms with Crippen molar-refractivity contribution in [3.05, 3.63) is 0 Å². The van der Waals surface area contributed by atoms with Crippen molar-refractivity contribution in [2.75, 3.05) is 11.5 Å². The van der Waals surface area contributed by atoms with Crippen LogP contribution in [0, 0.1) is 0 Å². The second-order valence-corrected chi connectivity index (χ2v) is 5.46. The maximum absolute atomic E-state index is 11.0. The first kappa shape index (κ1) is 9.80. The molecular weight excluding hydrogens is 204 g/mol. The van der Waals surface area contributed by atoms with E-state index in [2.05, 4.69) is 0 Å². The molecule has 0 aromatic rings. The van der Waals surface area contributed by atoms with Crippen LogP contribution in [0.2, 0.25) is 0 Å². The second kappa shape index (κ2) is 3.22. The number of halogens is 1. The van der Waals surface area contributed by atoms with Gasteiger partial charge in [-0.2, -0.15) is 0 Å². The third kappa shape index (κ3) is 2.35. The summed E-state index contributed by atoms with van der Waals surface area (Å²) in [5.74, 6) is -0.754. The lowest BCUT2D eigenvalue weighted by Gasteiger charge is -2.10. The van der Waals surface area contributed by atoms with E-state index in [-0.39, 0.29) is 11.5 Å². The number of esters is 1. The number of rotatable bonds is 1. The van der Waals surface area contributed by atoms with Crippen molar-refractivity contribution in [2.45, 2.75) is 18.4 Å². The van der Waals surface area contributed by atoms with Gasteiger partial charge in [-0.3, -0.25) is 4.79 Å².